The Hall–Kier alpha value is -2.81. The minimum Gasteiger partial charge on any atom is -0.481 e. The Labute approximate surface area is 261 Å². The normalized spacial score (nSPS) is 19.2. The number of hydrogen-bond donors (Lipinski definition) is 4. The number of Topliss-reactive ketones (excluding diaryl/α,β-unsaturated/α-hetero) is 1. The van der Waals surface area contributed by atoms with Crippen molar-refractivity contribution in [3.05, 3.63) is 41.1 Å². The number of carbonyl (C=O) groups excluding carboxylic acids is 3. The molecule has 9 heteroatoms. The first-order valence-electron chi connectivity index (χ1n) is 16.0. The number of hydrogen-bond acceptors (Lipinski definition) is 6. The zero-order valence-electron chi connectivity index (χ0n) is 26.4. The minimum atomic E-state index is -0.744. The van der Waals surface area contributed by atoms with Crippen LogP contribution >= 0.6 is 11.8 Å². The quantitative estimate of drug-likeness (QED) is 0.150. The zero-order chi connectivity index (χ0) is 31.4. The molecule has 3 atom stereocenters. The minimum absolute atomic E-state index is 0.0319. The van der Waals surface area contributed by atoms with E-state index in [1.165, 1.54) is 16.2 Å². The molecule has 238 valence electrons. The maximum Gasteiger partial charge on any atom is 0.303 e. The molecule has 3 unspecified atom stereocenters. The SMILES string of the molecule is CC1=C(c2ccc(CNC(=O)C3CCCC3C(=O)C(NC(=O)CCCCCCCCCC(=O)O)C(C)(C)C)cc2)SCN1. The summed E-state index contributed by atoms with van der Waals surface area (Å²) in [6, 6.07) is 7.62. The van der Waals surface area contributed by atoms with Crippen LogP contribution in [-0.2, 0) is 25.7 Å². The lowest BCUT2D eigenvalue weighted by atomic mass is 9.77. The molecule has 0 saturated heterocycles. The first kappa shape index (κ1) is 34.7. The first-order chi connectivity index (χ1) is 20.5. The van der Waals surface area contributed by atoms with Gasteiger partial charge in [0.25, 0.3) is 0 Å². The van der Waals surface area contributed by atoms with Gasteiger partial charge >= 0.3 is 5.97 Å². The summed E-state index contributed by atoms with van der Waals surface area (Å²) >= 11 is 1.79. The highest BCUT2D eigenvalue weighted by molar-refractivity contribution is 8.08. The second-order valence-electron chi connectivity index (χ2n) is 13.1. The molecule has 8 nitrogen and oxygen atoms in total. The number of carbonyl (C=O) groups is 4. The number of thioether (sulfide) groups is 1. The Bertz CT molecular complexity index is 1140. The van der Waals surface area contributed by atoms with Crippen molar-refractivity contribution in [1.82, 2.24) is 16.0 Å². The van der Waals surface area contributed by atoms with Crippen LogP contribution in [0.5, 0.6) is 0 Å². The second-order valence-corrected chi connectivity index (χ2v) is 14.1. The number of carboxylic acid groups (broad SMARTS) is 1. The lowest BCUT2D eigenvalue weighted by Gasteiger charge is -2.33. The molecule has 0 spiro atoms. The predicted octanol–water partition coefficient (Wildman–Crippen LogP) is 6.40. The molecule has 4 N–H and O–H groups in total. The Balaban J connectivity index is 1.46. The van der Waals surface area contributed by atoms with E-state index in [4.69, 9.17) is 5.11 Å². The zero-order valence-corrected chi connectivity index (χ0v) is 27.2. The van der Waals surface area contributed by atoms with E-state index in [1.807, 2.05) is 32.9 Å². The Morgan fingerprint density at radius 1 is 0.930 bits per heavy atom. The smallest absolute Gasteiger partial charge is 0.303 e. The van der Waals surface area contributed by atoms with Crippen LogP contribution in [0.2, 0.25) is 0 Å². The summed E-state index contributed by atoms with van der Waals surface area (Å²) < 4.78 is 0. The monoisotopic (exact) mass is 613 g/mol. The fraction of sp³-hybridized carbons (Fsp3) is 0.647. The van der Waals surface area contributed by atoms with Crippen molar-refractivity contribution in [3.63, 3.8) is 0 Å². The van der Waals surface area contributed by atoms with Crippen molar-refractivity contribution >= 4 is 40.2 Å². The number of unbranched alkanes of at least 4 members (excludes halogenated alkanes) is 6. The molecular weight excluding hydrogens is 562 g/mol. The predicted molar refractivity (Wildman–Crippen MR) is 173 cm³/mol. The van der Waals surface area contributed by atoms with E-state index in [1.54, 1.807) is 11.8 Å². The van der Waals surface area contributed by atoms with Crippen LogP contribution in [0.4, 0.5) is 0 Å². The van der Waals surface area contributed by atoms with Crippen LogP contribution in [0.3, 0.4) is 0 Å². The lowest BCUT2D eigenvalue weighted by Crippen LogP contribution is -2.52. The van der Waals surface area contributed by atoms with Gasteiger partial charge in [0.1, 0.15) is 0 Å². The summed E-state index contributed by atoms with van der Waals surface area (Å²) in [5.74, 6) is -0.861. The summed E-state index contributed by atoms with van der Waals surface area (Å²) in [4.78, 5) is 51.8. The van der Waals surface area contributed by atoms with Crippen molar-refractivity contribution in [3.8, 4) is 0 Å². The van der Waals surface area contributed by atoms with Crippen molar-refractivity contribution in [2.45, 2.75) is 117 Å². The molecular formula is C34H51N3O5S. The molecule has 1 aromatic rings. The topological polar surface area (TPSA) is 125 Å². The molecule has 0 bridgehead atoms. The first-order valence-corrected chi connectivity index (χ1v) is 17.0. The van der Waals surface area contributed by atoms with Gasteiger partial charge in [0.15, 0.2) is 5.78 Å². The number of benzene rings is 1. The van der Waals surface area contributed by atoms with E-state index in [0.29, 0.717) is 32.2 Å². The maximum atomic E-state index is 13.8. The molecule has 1 aliphatic heterocycles. The van der Waals surface area contributed by atoms with E-state index in [9.17, 15) is 19.2 Å². The van der Waals surface area contributed by atoms with Gasteiger partial charge in [0.2, 0.25) is 11.8 Å². The molecule has 2 aliphatic rings. The third kappa shape index (κ3) is 11.0. The fourth-order valence-electron chi connectivity index (χ4n) is 6.02. The molecule has 43 heavy (non-hydrogen) atoms. The number of carboxylic acids is 1. The number of rotatable bonds is 17. The van der Waals surface area contributed by atoms with Crippen molar-refractivity contribution in [1.29, 1.82) is 0 Å². The number of nitrogens with one attached hydrogen (secondary N) is 3. The highest BCUT2D eigenvalue weighted by Gasteiger charge is 2.43. The summed E-state index contributed by atoms with van der Waals surface area (Å²) in [5.41, 5.74) is 2.91. The highest BCUT2D eigenvalue weighted by atomic mass is 32.2. The average molecular weight is 614 g/mol. The van der Waals surface area contributed by atoms with Gasteiger partial charge in [-0.3, -0.25) is 19.2 Å². The lowest BCUT2D eigenvalue weighted by molar-refractivity contribution is -0.137. The van der Waals surface area contributed by atoms with Gasteiger partial charge in [-0.1, -0.05) is 83.6 Å². The van der Waals surface area contributed by atoms with Gasteiger partial charge < -0.3 is 21.1 Å². The number of ketones is 1. The molecule has 0 aromatic heterocycles. The van der Waals surface area contributed by atoms with E-state index in [0.717, 1.165) is 56.4 Å². The summed E-state index contributed by atoms with van der Waals surface area (Å²) in [7, 11) is 0. The molecule has 3 rings (SSSR count). The highest BCUT2D eigenvalue weighted by Crippen LogP contribution is 2.36. The van der Waals surface area contributed by atoms with Gasteiger partial charge in [0.05, 0.1) is 11.9 Å². The van der Waals surface area contributed by atoms with Crippen molar-refractivity contribution in [2.24, 2.45) is 17.3 Å². The standard InChI is InChI=1S/C34H51N3O5S/c1-23-31(43-22-36-23)25-19-17-24(18-20-25)21-35-33(42)27-14-12-13-26(27)30(41)32(34(2,3)4)37-28(38)15-10-8-6-5-7-9-11-16-29(39)40/h17-20,26-27,32,36H,5-16,21-22H2,1-4H3,(H,35,42)(H,37,38)(H,39,40). The fourth-order valence-corrected chi connectivity index (χ4v) is 7.05. The van der Waals surface area contributed by atoms with Gasteiger partial charge in [-0.2, -0.15) is 0 Å². The van der Waals surface area contributed by atoms with Crippen LogP contribution in [-0.4, -0.2) is 40.6 Å². The van der Waals surface area contributed by atoms with Crippen molar-refractivity contribution < 1.29 is 24.3 Å². The molecule has 1 aromatic carbocycles. The van der Waals surface area contributed by atoms with Gasteiger partial charge in [-0.15, -0.1) is 11.8 Å². The molecule has 1 heterocycles. The Morgan fingerprint density at radius 3 is 2.12 bits per heavy atom. The Morgan fingerprint density at radius 2 is 1.53 bits per heavy atom. The van der Waals surface area contributed by atoms with E-state index in [-0.39, 0.29) is 29.9 Å². The van der Waals surface area contributed by atoms with E-state index < -0.39 is 23.3 Å². The van der Waals surface area contributed by atoms with Crippen LogP contribution in [0.15, 0.2) is 30.0 Å². The number of amides is 2. The van der Waals surface area contributed by atoms with Gasteiger partial charge in [-0.25, -0.2) is 0 Å². The van der Waals surface area contributed by atoms with Crippen LogP contribution in [0, 0.1) is 17.3 Å². The third-order valence-electron chi connectivity index (χ3n) is 8.55. The maximum absolute atomic E-state index is 13.8. The Kier molecular flexibility index (Phi) is 13.6. The molecule has 2 amide bonds. The van der Waals surface area contributed by atoms with E-state index >= 15 is 0 Å². The molecule has 1 aliphatic carbocycles. The third-order valence-corrected chi connectivity index (χ3v) is 9.67. The summed E-state index contributed by atoms with van der Waals surface area (Å²) in [6.45, 7) is 8.39. The van der Waals surface area contributed by atoms with Crippen LogP contribution in [0.1, 0.15) is 116 Å². The molecule has 1 saturated carbocycles. The summed E-state index contributed by atoms with van der Waals surface area (Å²) in [6.07, 6.45) is 9.16. The second kappa shape index (κ2) is 16.9. The number of aliphatic carboxylic acids is 1. The molecule has 0 radical (unpaired) electrons. The van der Waals surface area contributed by atoms with Gasteiger partial charge in [0, 0.05) is 41.8 Å². The molecule has 1 fully saturated rings. The van der Waals surface area contributed by atoms with Crippen molar-refractivity contribution in [2.75, 3.05) is 5.88 Å². The number of allylic oxidation sites excluding steroid dienone is 1. The van der Waals surface area contributed by atoms with E-state index in [2.05, 4.69) is 35.0 Å². The average Bonchev–Trinajstić information content (AvgIpc) is 3.62. The van der Waals surface area contributed by atoms with Gasteiger partial charge in [-0.05, 0) is 49.1 Å². The van der Waals surface area contributed by atoms with Crippen LogP contribution < -0.4 is 16.0 Å². The summed E-state index contributed by atoms with van der Waals surface area (Å²) in [5, 5.41) is 18.1. The largest absolute Gasteiger partial charge is 0.481 e. The van der Waals surface area contributed by atoms with Crippen LogP contribution in [0.25, 0.3) is 4.91 Å².